The van der Waals surface area contributed by atoms with Crippen LogP contribution < -0.4 is 5.73 Å². The number of carbonyl (C=O) groups excluding carboxylic acids is 1. The maximum absolute atomic E-state index is 12.3. The second-order valence-corrected chi connectivity index (χ2v) is 10.1. The maximum atomic E-state index is 12.3. The zero-order chi connectivity index (χ0) is 18.0. The monoisotopic (exact) mass is 349 g/mol. The van der Waals surface area contributed by atoms with E-state index in [0.717, 1.165) is 25.2 Å². The number of ether oxygens (including phenoxy) is 1. The molecule has 0 bridgehead atoms. The van der Waals surface area contributed by atoms with Crippen molar-refractivity contribution in [3.8, 4) is 0 Å². The fourth-order valence-corrected chi connectivity index (χ4v) is 7.98. The Morgan fingerprint density at radius 1 is 1.20 bits per heavy atom. The number of carbonyl (C=O) groups is 1. The quantitative estimate of drug-likeness (QED) is 0.714. The molecule has 4 heteroatoms. The fraction of sp³-hybridized carbons (Fsp3) is 0.952. The van der Waals surface area contributed by atoms with Gasteiger partial charge < -0.3 is 15.6 Å². The molecule has 0 saturated heterocycles. The highest BCUT2D eigenvalue weighted by atomic mass is 16.5. The van der Waals surface area contributed by atoms with Crippen LogP contribution in [0, 0.1) is 40.4 Å². The highest BCUT2D eigenvalue weighted by Gasteiger charge is 2.62. The predicted molar refractivity (Wildman–Crippen MR) is 96.6 cm³/mol. The molecule has 4 nitrogen and oxygen atoms in total. The van der Waals surface area contributed by atoms with Gasteiger partial charge in [0, 0.05) is 6.04 Å². The molecule has 4 rings (SSSR count). The molecule has 0 radical (unpaired) electrons. The first-order valence-corrected chi connectivity index (χ1v) is 10.3. The van der Waals surface area contributed by atoms with Crippen LogP contribution in [0.25, 0.3) is 0 Å². The SMILES string of the molecule is COC(=O)C1C[C@@]2(C)C(CC[C@@H]3[C@H]2C(N)C[C@]2(C)CCC[C@@H]32)CC1O. The van der Waals surface area contributed by atoms with Gasteiger partial charge in [-0.05, 0) is 79.4 Å². The van der Waals surface area contributed by atoms with Crippen molar-refractivity contribution in [1.29, 1.82) is 0 Å². The number of aliphatic hydroxyl groups is 1. The smallest absolute Gasteiger partial charge is 0.311 e. The highest BCUT2D eigenvalue weighted by molar-refractivity contribution is 5.73. The molecule has 0 spiro atoms. The van der Waals surface area contributed by atoms with Gasteiger partial charge in [0.05, 0.1) is 19.1 Å². The van der Waals surface area contributed by atoms with Crippen LogP contribution in [-0.2, 0) is 9.53 Å². The van der Waals surface area contributed by atoms with E-state index < -0.39 is 6.10 Å². The normalized spacial score (nSPS) is 55.0. The average Bonchev–Trinajstić information content (AvgIpc) is 2.94. The van der Waals surface area contributed by atoms with Crippen molar-refractivity contribution < 1.29 is 14.6 Å². The largest absolute Gasteiger partial charge is 0.469 e. The van der Waals surface area contributed by atoms with Crippen molar-refractivity contribution >= 4 is 5.97 Å². The summed E-state index contributed by atoms with van der Waals surface area (Å²) in [6.07, 6.45) is 8.52. The van der Waals surface area contributed by atoms with Gasteiger partial charge in [0.15, 0.2) is 0 Å². The Balaban J connectivity index is 1.67. The summed E-state index contributed by atoms with van der Waals surface area (Å²) >= 11 is 0. The summed E-state index contributed by atoms with van der Waals surface area (Å²) in [7, 11) is 1.43. The van der Waals surface area contributed by atoms with Gasteiger partial charge in [0.2, 0.25) is 0 Å². The van der Waals surface area contributed by atoms with Crippen molar-refractivity contribution in [2.45, 2.75) is 77.4 Å². The third kappa shape index (κ3) is 2.50. The van der Waals surface area contributed by atoms with E-state index in [0.29, 0.717) is 23.2 Å². The summed E-state index contributed by atoms with van der Waals surface area (Å²) in [6, 6.07) is 0.227. The number of nitrogens with two attached hydrogens (primary N) is 1. The van der Waals surface area contributed by atoms with E-state index in [1.165, 1.54) is 39.2 Å². The first-order chi connectivity index (χ1) is 11.8. The third-order valence-electron chi connectivity index (χ3n) is 9.00. The van der Waals surface area contributed by atoms with Gasteiger partial charge in [0.25, 0.3) is 0 Å². The lowest BCUT2D eigenvalue weighted by atomic mass is 9.43. The first kappa shape index (κ1) is 17.8. The molecule has 0 aromatic carbocycles. The van der Waals surface area contributed by atoms with Crippen LogP contribution in [0.5, 0.6) is 0 Å². The topological polar surface area (TPSA) is 72.5 Å². The Morgan fingerprint density at radius 2 is 1.96 bits per heavy atom. The van der Waals surface area contributed by atoms with Crippen molar-refractivity contribution in [1.82, 2.24) is 0 Å². The maximum Gasteiger partial charge on any atom is 0.311 e. The molecule has 4 unspecified atom stereocenters. The molecule has 0 aromatic rings. The number of fused-ring (bicyclic) bond motifs is 5. The van der Waals surface area contributed by atoms with Crippen molar-refractivity contribution in [2.24, 2.45) is 46.2 Å². The molecular formula is C21H35NO3. The zero-order valence-corrected chi connectivity index (χ0v) is 16.0. The van der Waals surface area contributed by atoms with E-state index in [2.05, 4.69) is 13.8 Å². The number of aliphatic hydroxyl groups excluding tert-OH is 1. The Morgan fingerprint density at radius 3 is 2.68 bits per heavy atom. The minimum Gasteiger partial charge on any atom is -0.469 e. The van der Waals surface area contributed by atoms with Gasteiger partial charge >= 0.3 is 5.97 Å². The molecule has 9 atom stereocenters. The molecular weight excluding hydrogens is 314 g/mol. The van der Waals surface area contributed by atoms with Gasteiger partial charge in [-0.25, -0.2) is 0 Å². The Labute approximate surface area is 151 Å². The number of methoxy groups -OCH3 is 1. The van der Waals surface area contributed by atoms with Crippen molar-refractivity contribution in [2.75, 3.05) is 7.11 Å². The van der Waals surface area contributed by atoms with E-state index in [9.17, 15) is 9.90 Å². The van der Waals surface area contributed by atoms with Crippen LogP contribution in [0.15, 0.2) is 0 Å². The summed E-state index contributed by atoms with van der Waals surface area (Å²) in [5.41, 5.74) is 7.32. The Kier molecular flexibility index (Phi) is 4.23. The third-order valence-corrected chi connectivity index (χ3v) is 9.00. The lowest BCUT2D eigenvalue weighted by Crippen LogP contribution is -2.62. The number of rotatable bonds is 1. The molecule has 4 aliphatic carbocycles. The first-order valence-electron chi connectivity index (χ1n) is 10.3. The number of hydrogen-bond donors (Lipinski definition) is 2. The molecule has 25 heavy (non-hydrogen) atoms. The van der Waals surface area contributed by atoms with E-state index in [1.807, 2.05) is 0 Å². The molecule has 0 heterocycles. The van der Waals surface area contributed by atoms with Gasteiger partial charge in [0.1, 0.15) is 0 Å². The van der Waals surface area contributed by atoms with Crippen molar-refractivity contribution in [3.05, 3.63) is 0 Å². The van der Waals surface area contributed by atoms with E-state index in [1.54, 1.807) is 0 Å². The second-order valence-electron chi connectivity index (χ2n) is 10.1. The van der Waals surface area contributed by atoms with E-state index in [-0.39, 0.29) is 23.3 Å². The van der Waals surface area contributed by atoms with Crippen LogP contribution >= 0.6 is 0 Å². The summed E-state index contributed by atoms with van der Waals surface area (Å²) in [4.78, 5) is 12.3. The Hall–Kier alpha value is -0.610. The minimum atomic E-state index is -0.557. The summed E-state index contributed by atoms with van der Waals surface area (Å²) in [5, 5.41) is 10.5. The lowest BCUT2D eigenvalue weighted by Gasteiger charge is -2.63. The van der Waals surface area contributed by atoms with Crippen LogP contribution in [0.2, 0.25) is 0 Å². The van der Waals surface area contributed by atoms with Gasteiger partial charge in [-0.15, -0.1) is 0 Å². The molecule has 0 aromatic heterocycles. The molecule has 4 fully saturated rings. The van der Waals surface area contributed by atoms with Gasteiger partial charge in [-0.1, -0.05) is 20.3 Å². The van der Waals surface area contributed by atoms with Crippen LogP contribution in [0.4, 0.5) is 0 Å². The summed E-state index contributed by atoms with van der Waals surface area (Å²) < 4.78 is 5.00. The van der Waals surface area contributed by atoms with Crippen LogP contribution in [-0.4, -0.2) is 30.3 Å². The van der Waals surface area contributed by atoms with Crippen LogP contribution in [0.3, 0.4) is 0 Å². The number of esters is 1. The predicted octanol–water partition coefficient (Wildman–Crippen LogP) is 3.12. The van der Waals surface area contributed by atoms with Gasteiger partial charge in [-0.3, -0.25) is 4.79 Å². The van der Waals surface area contributed by atoms with Crippen molar-refractivity contribution in [3.63, 3.8) is 0 Å². The molecule has 4 aliphatic rings. The zero-order valence-electron chi connectivity index (χ0n) is 16.0. The molecule has 142 valence electrons. The van der Waals surface area contributed by atoms with Gasteiger partial charge in [-0.2, -0.15) is 0 Å². The minimum absolute atomic E-state index is 0.0599. The molecule has 4 saturated carbocycles. The molecule has 0 aliphatic heterocycles. The second kappa shape index (κ2) is 5.95. The molecule has 0 amide bonds. The lowest BCUT2D eigenvalue weighted by molar-refractivity contribution is -0.172. The highest BCUT2D eigenvalue weighted by Crippen LogP contribution is 2.66. The Bertz CT molecular complexity index is 551. The summed E-state index contributed by atoms with van der Waals surface area (Å²) in [6.45, 7) is 4.84. The van der Waals surface area contributed by atoms with E-state index in [4.69, 9.17) is 10.5 Å². The molecule has 3 N–H and O–H groups in total. The standard InChI is InChI=1S/C21H35NO3/c1-20-8-4-5-15(20)13-7-6-12-9-17(23)14(19(24)25-3)10-21(12,2)18(13)16(22)11-20/h12-18,23H,4-11,22H2,1-3H3/t12?,13-,14?,15-,16?,17?,18-,20-,21-/m0/s1. The van der Waals surface area contributed by atoms with Crippen LogP contribution in [0.1, 0.15) is 65.2 Å². The fourth-order valence-electron chi connectivity index (χ4n) is 7.98. The average molecular weight is 350 g/mol. The number of hydrogen-bond acceptors (Lipinski definition) is 4. The van der Waals surface area contributed by atoms with E-state index >= 15 is 0 Å². The summed E-state index contributed by atoms with van der Waals surface area (Å²) in [5.74, 6) is 1.85.